The number of phenols is 1. The fraction of sp³-hybridized carbons (Fsp3) is 0.429. The molecule has 1 aromatic carbocycles. The number of hydrogen-bond acceptors (Lipinski definition) is 7. The van der Waals surface area contributed by atoms with Crippen molar-refractivity contribution in [2.45, 2.75) is 43.8 Å². The van der Waals surface area contributed by atoms with Gasteiger partial charge in [-0.25, -0.2) is 9.59 Å². The average molecular weight is 498 g/mol. The number of carboxylic acid groups (broad SMARTS) is 1. The van der Waals surface area contributed by atoms with Crippen LogP contribution in [0.4, 0.5) is 4.79 Å². The van der Waals surface area contributed by atoms with E-state index in [4.69, 9.17) is 16.3 Å². The van der Waals surface area contributed by atoms with Crippen LogP contribution < -0.4 is 10.6 Å². The molecule has 2 heterocycles. The van der Waals surface area contributed by atoms with Gasteiger partial charge >= 0.3 is 12.1 Å². The molecule has 0 bridgehead atoms. The number of rotatable bonds is 6. The number of aromatic hydroxyl groups is 1. The number of benzene rings is 1. The summed E-state index contributed by atoms with van der Waals surface area (Å²) in [5.74, 6) is -2.27. The quantitative estimate of drug-likeness (QED) is 0.344. The van der Waals surface area contributed by atoms with E-state index in [1.54, 1.807) is 20.8 Å². The van der Waals surface area contributed by atoms with Crippen molar-refractivity contribution in [2.24, 2.45) is 0 Å². The zero-order chi connectivity index (χ0) is 24.5. The highest BCUT2D eigenvalue weighted by Gasteiger charge is 2.54. The van der Waals surface area contributed by atoms with E-state index in [1.807, 2.05) is 0 Å². The largest absolute Gasteiger partial charge is 0.508 e. The van der Waals surface area contributed by atoms with Crippen LogP contribution in [0, 0.1) is 0 Å². The second-order valence-electron chi connectivity index (χ2n) is 8.46. The Labute approximate surface area is 199 Å². The molecule has 3 atom stereocenters. The summed E-state index contributed by atoms with van der Waals surface area (Å²) >= 11 is 7.12. The third-order valence-electron chi connectivity index (χ3n) is 4.86. The van der Waals surface area contributed by atoms with E-state index in [2.05, 4.69) is 10.6 Å². The fourth-order valence-electron chi connectivity index (χ4n) is 3.42. The van der Waals surface area contributed by atoms with Crippen LogP contribution in [0.5, 0.6) is 5.75 Å². The molecule has 3 rings (SSSR count). The van der Waals surface area contributed by atoms with Crippen molar-refractivity contribution in [1.29, 1.82) is 0 Å². The number of nitrogens with zero attached hydrogens (tertiary/aromatic N) is 1. The van der Waals surface area contributed by atoms with Gasteiger partial charge in [-0.3, -0.25) is 14.5 Å². The lowest BCUT2D eigenvalue weighted by molar-refractivity contribution is -0.151. The third-order valence-corrected chi connectivity index (χ3v) is 6.52. The lowest BCUT2D eigenvalue weighted by atomic mass is 10.0. The second-order valence-corrected chi connectivity index (χ2v) is 9.83. The number of fused-ring (bicyclic) bond motifs is 1. The number of carboxylic acids is 1. The molecule has 10 nitrogen and oxygen atoms in total. The number of halogens is 1. The van der Waals surface area contributed by atoms with E-state index in [1.165, 1.54) is 36.0 Å². The molecule has 1 saturated heterocycles. The smallest absolute Gasteiger partial charge is 0.408 e. The number of amides is 3. The Morgan fingerprint density at radius 3 is 2.45 bits per heavy atom. The molecule has 0 spiro atoms. The number of β-lactam (4-membered cyclic amide) rings is 1. The number of hydrogen-bond donors (Lipinski definition) is 4. The standard InChI is InChI=1S/C21H24ClN3O7S/c1-21(2,3)32-20(31)24-13(10-4-6-12(26)7-5-10)16(27)23-14-17(28)25-15(19(29)30)11(8-22)9-33-18(14)25/h4-7,13-14,18,26H,8-9H2,1-3H3,(H,23,27)(H,24,31)(H,29,30)/t13?,14-,18+/m1/s1. The van der Waals surface area contributed by atoms with Gasteiger partial charge in [0, 0.05) is 11.6 Å². The van der Waals surface area contributed by atoms with Gasteiger partial charge in [0.1, 0.15) is 34.5 Å². The predicted octanol–water partition coefficient (Wildman–Crippen LogP) is 1.94. The van der Waals surface area contributed by atoms with Crippen molar-refractivity contribution in [3.8, 4) is 5.75 Å². The predicted molar refractivity (Wildman–Crippen MR) is 121 cm³/mol. The summed E-state index contributed by atoms with van der Waals surface area (Å²) in [5.41, 5.74) is -0.182. The Hall–Kier alpha value is -2.92. The summed E-state index contributed by atoms with van der Waals surface area (Å²) in [7, 11) is 0. The number of alkyl halides is 1. The van der Waals surface area contributed by atoms with Gasteiger partial charge in [-0.2, -0.15) is 0 Å². The summed E-state index contributed by atoms with van der Waals surface area (Å²) in [6, 6.07) is 3.44. The van der Waals surface area contributed by atoms with Gasteiger partial charge in [0.2, 0.25) is 5.91 Å². The molecule has 178 valence electrons. The van der Waals surface area contributed by atoms with Gasteiger partial charge in [-0.1, -0.05) is 12.1 Å². The molecule has 4 N–H and O–H groups in total. The van der Waals surface area contributed by atoms with E-state index in [-0.39, 0.29) is 17.3 Å². The maximum Gasteiger partial charge on any atom is 0.408 e. The first kappa shape index (κ1) is 24.7. The molecule has 3 amide bonds. The molecular formula is C21H24ClN3O7S. The molecule has 0 radical (unpaired) electrons. The summed E-state index contributed by atoms with van der Waals surface area (Å²) < 4.78 is 5.24. The average Bonchev–Trinajstić information content (AvgIpc) is 2.73. The molecule has 12 heteroatoms. The van der Waals surface area contributed by atoms with Gasteiger partial charge in [0.15, 0.2) is 0 Å². The van der Waals surface area contributed by atoms with Crippen molar-refractivity contribution in [2.75, 3.05) is 11.6 Å². The van der Waals surface area contributed by atoms with E-state index in [9.17, 15) is 29.4 Å². The number of phenolic OH excluding ortho intramolecular Hbond substituents is 1. The maximum absolute atomic E-state index is 13.1. The van der Waals surface area contributed by atoms with Gasteiger partial charge in [-0.05, 0) is 44.0 Å². The highest BCUT2D eigenvalue weighted by Crippen LogP contribution is 2.40. The van der Waals surface area contributed by atoms with Crippen LogP contribution in [0.1, 0.15) is 32.4 Å². The number of aliphatic carboxylic acids is 1. The van der Waals surface area contributed by atoms with Crippen molar-refractivity contribution in [3.63, 3.8) is 0 Å². The van der Waals surface area contributed by atoms with Crippen molar-refractivity contribution < 1.29 is 34.1 Å². The number of alkyl carbamates (subject to hydrolysis) is 1. The highest BCUT2D eigenvalue weighted by atomic mass is 35.5. The van der Waals surface area contributed by atoms with Crippen LogP contribution in [0.15, 0.2) is 35.5 Å². The van der Waals surface area contributed by atoms with Gasteiger partial charge < -0.3 is 25.6 Å². The van der Waals surface area contributed by atoms with Crippen LogP contribution in [0.3, 0.4) is 0 Å². The van der Waals surface area contributed by atoms with Crippen molar-refractivity contribution in [3.05, 3.63) is 41.1 Å². The first-order chi connectivity index (χ1) is 15.4. The molecule has 0 aromatic heterocycles. The minimum absolute atomic E-state index is 0.0229. The first-order valence-electron chi connectivity index (χ1n) is 9.97. The van der Waals surface area contributed by atoms with Crippen molar-refractivity contribution >= 4 is 47.2 Å². The Bertz CT molecular complexity index is 1010. The summed E-state index contributed by atoms with van der Waals surface area (Å²) in [5, 5.41) is 23.5. The molecule has 1 aromatic rings. The first-order valence-corrected chi connectivity index (χ1v) is 11.6. The van der Waals surface area contributed by atoms with Crippen LogP contribution in [-0.2, 0) is 19.1 Å². The zero-order valence-electron chi connectivity index (χ0n) is 18.1. The number of ether oxygens (including phenoxy) is 1. The number of thioether (sulfide) groups is 1. The molecule has 0 aliphatic carbocycles. The molecule has 1 fully saturated rings. The van der Waals surface area contributed by atoms with Crippen molar-refractivity contribution in [1.82, 2.24) is 15.5 Å². The normalized spacial score (nSPS) is 21.0. The molecule has 1 unspecified atom stereocenters. The highest BCUT2D eigenvalue weighted by molar-refractivity contribution is 8.00. The van der Waals surface area contributed by atoms with E-state index in [0.29, 0.717) is 16.9 Å². The summed E-state index contributed by atoms with van der Waals surface area (Å²) in [4.78, 5) is 51.0. The summed E-state index contributed by atoms with van der Waals surface area (Å²) in [6.45, 7) is 5.02. The van der Waals surface area contributed by atoms with E-state index < -0.39 is 46.9 Å². The molecular weight excluding hydrogens is 474 g/mol. The molecule has 2 aliphatic rings. The van der Waals surface area contributed by atoms with Gasteiger partial charge in [0.25, 0.3) is 5.91 Å². The van der Waals surface area contributed by atoms with E-state index >= 15 is 0 Å². The lowest BCUT2D eigenvalue weighted by Gasteiger charge is -2.49. The third kappa shape index (κ3) is 5.36. The SMILES string of the molecule is CC(C)(C)OC(=O)NC(C(=O)N[C@@H]1C(=O)N2C(C(=O)O)=C(CCl)CS[C@@H]12)c1ccc(O)cc1. The molecule has 2 aliphatic heterocycles. The van der Waals surface area contributed by atoms with Crippen LogP contribution in [0.2, 0.25) is 0 Å². The Kier molecular flexibility index (Phi) is 7.13. The molecule has 33 heavy (non-hydrogen) atoms. The Morgan fingerprint density at radius 2 is 1.91 bits per heavy atom. The summed E-state index contributed by atoms with van der Waals surface area (Å²) in [6.07, 6.45) is -0.841. The van der Waals surface area contributed by atoms with Crippen LogP contribution in [0.25, 0.3) is 0 Å². The Morgan fingerprint density at radius 1 is 1.27 bits per heavy atom. The second kappa shape index (κ2) is 9.52. The van der Waals surface area contributed by atoms with Crippen LogP contribution in [-0.4, -0.2) is 67.6 Å². The minimum atomic E-state index is -1.26. The monoisotopic (exact) mass is 497 g/mol. The maximum atomic E-state index is 13.1. The fourth-order valence-corrected chi connectivity index (χ4v) is 5.09. The number of nitrogens with one attached hydrogen (secondary N) is 2. The lowest BCUT2D eigenvalue weighted by Crippen LogP contribution is -2.71. The molecule has 0 saturated carbocycles. The van der Waals surface area contributed by atoms with E-state index in [0.717, 1.165) is 4.90 Å². The van der Waals surface area contributed by atoms with Gasteiger partial charge in [0.05, 0.1) is 0 Å². The zero-order valence-corrected chi connectivity index (χ0v) is 19.7. The topological polar surface area (TPSA) is 145 Å². The van der Waals surface area contributed by atoms with Crippen LogP contribution >= 0.6 is 23.4 Å². The number of carbonyl (C=O) groups is 4. The van der Waals surface area contributed by atoms with Gasteiger partial charge in [-0.15, -0.1) is 23.4 Å². The Balaban J connectivity index is 1.79. The minimum Gasteiger partial charge on any atom is -0.508 e. The number of carbonyl (C=O) groups excluding carboxylic acids is 3.